The highest BCUT2D eigenvalue weighted by molar-refractivity contribution is 6.40. The predicted octanol–water partition coefficient (Wildman–Crippen LogP) is 1.18. The van der Waals surface area contributed by atoms with Crippen LogP contribution in [0.25, 0.3) is 0 Å². The second-order valence-corrected chi connectivity index (χ2v) is 6.75. The van der Waals surface area contributed by atoms with Crippen molar-refractivity contribution in [2.45, 2.75) is 57.4 Å². The minimum absolute atomic E-state index is 0.0479. The van der Waals surface area contributed by atoms with Gasteiger partial charge in [0, 0.05) is 12.5 Å². The van der Waals surface area contributed by atoms with Crippen LogP contribution in [0.2, 0.25) is 0 Å². The topological polar surface area (TPSA) is 97.0 Å². The molecule has 0 aliphatic carbocycles. The van der Waals surface area contributed by atoms with Gasteiger partial charge in [-0.05, 0) is 38.8 Å². The number of nitrogens with one attached hydrogen (secondary N) is 1. The first-order valence-corrected chi connectivity index (χ1v) is 8.61. The van der Waals surface area contributed by atoms with Gasteiger partial charge in [0.1, 0.15) is 11.8 Å². The Balaban J connectivity index is 1.73. The van der Waals surface area contributed by atoms with Gasteiger partial charge in [0.15, 0.2) is 0 Å². The summed E-state index contributed by atoms with van der Waals surface area (Å²) in [4.78, 5) is 24.4. The molecule has 2 amide bonds. The number of para-hydroxylation sites is 1. The van der Waals surface area contributed by atoms with E-state index in [0.717, 1.165) is 18.5 Å². The predicted molar refractivity (Wildman–Crippen MR) is 95.1 cm³/mol. The minimum Gasteiger partial charge on any atom is -0.375 e. The van der Waals surface area contributed by atoms with Gasteiger partial charge in [0.05, 0.1) is 17.9 Å². The summed E-state index contributed by atoms with van der Waals surface area (Å²) in [6.45, 7) is 4.00. The second-order valence-electron chi connectivity index (χ2n) is 6.75. The number of rotatable bonds is 4. The van der Waals surface area contributed by atoms with Crippen LogP contribution < -0.4 is 16.1 Å². The second kappa shape index (κ2) is 7.23. The fraction of sp³-hybridized carbons (Fsp3) is 0.500. The zero-order chi connectivity index (χ0) is 18.0. The highest BCUT2D eigenvalue weighted by Gasteiger charge is 2.36. The number of primary amides is 1. The average Bonchev–Trinajstić information content (AvgIpc) is 3.00. The molecule has 0 bridgehead atoms. The summed E-state index contributed by atoms with van der Waals surface area (Å²) in [5.74, 6) is -0.736. The average molecular weight is 344 g/mol. The molecular formula is C18H24N4O3. The Morgan fingerprint density at radius 1 is 1.20 bits per heavy atom. The van der Waals surface area contributed by atoms with E-state index in [9.17, 15) is 9.59 Å². The van der Waals surface area contributed by atoms with E-state index in [1.807, 2.05) is 44.2 Å². The number of nitrogens with two attached hydrogens (primary N) is 1. The Morgan fingerprint density at radius 3 is 2.44 bits per heavy atom. The molecule has 25 heavy (non-hydrogen) atoms. The molecule has 3 N–H and O–H groups in total. The van der Waals surface area contributed by atoms with Crippen molar-refractivity contribution in [1.29, 1.82) is 0 Å². The quantitative estimate of drug-likeness (QED) is 0.857. The van der Waals surface area contributed by atoms with Gasteiger partial charge in [0.25, 0.3) is 5.91 Å². The normalized spacial score (nSPS) is 29.2. The first-order chi connectivity index (χ1) is 11.9. The zero-order valence-corrected chi connectivity index (χ0v) is 14.5. The third-order valence-electron chi connectivity index (χ3n) is 4.55. The van der Waals surface area contributed by atoms with E-state index >= 15 is 0 Å². The first kappa shape index (κ1) is 17.4. The lowest BCUT2D eigenvalue weighted by Gasteiger charge is -2.32. The SMILES string of the molecule is C[C@@H]1CC(NC(=O)C2=NN(c3ccccc3)[C@@H](C(N)=O)C2)C[C@@H](C)O1. The van der Waals surface area contributed by atoms with E-state index in [-0.39, 0.29) is 30.6 Å². The molecule has 7 heteroatoms. The molecule has 2 aliphatic rings. The summed E-state index contributed by atoms with van der Waals surface area (Å²) >= 11 is 0. The van der Waals surface area contributed by atoms with Crippen LogP contribution in [0.5, 0.6) is 0 Å². The van der Waals surface area contributed by atoms with Crippen molar-refractivity contribution in [2.75, 3.05) is 5.01 Å². The third kappa shape index (κ3) is 3.99. The van der Waals surface area contributed by atoms with Gasteiger partial charge in [-0.3, -0.25) is 14.6 Å². The fourth-order valence-corrected chi connectivity index (χ4v) is 3.48. The van der Waals surface area contributed by atoms with Gasteiger partial charge in [-0.25, -0.2) is 0 Å². The van der Waals surface area contributed by atoms with Crippen LogP contribution in [0.1, 0.15) is 33.1 Å². The molecule has 0 radical (unpaired) electrons. The maximum absolute atomic E-state index is 12.6. The number of carbonyl (C=O) groups excluding carboxylic acids is 2. The first-order valence-electron chi connectivity index (χ1n) is 8.61. The lowest BCUT2D eigenvalue weighted by Crippen LogP contribution is -2.46. The number of ether oxygens (including phenoxy) is 1. The number of hydrogen-bond acceptors (Lipinski definition) is 5. The van der Waals surface area contributed by atoms with Gasteiger partial charge < -0.3 is 15.8 Å². The van der Waals surface area contributed by atoms with Gasteiger partial charge in [-0.1, -0.05) is 18.2 Å². The Bertz CT molecular complexity index is 666. The molecule has 2 aliphatic heterocycles. The highest BCUT2D eigenvalue weighted by Crippen LogP contribution is 2.25. The van der Waals surface area contributed by atoms with Crippen LogP contribution in [0.15, 0.2) is 35.4 Å². The summed E-state index contributed by atoms with van der Waals surface area (Å²) in [5, 5.41) is 8.93. The maximum Gasteiger partial charge on any atom is 0.267 e. The maximum atomic E-state index is 12.6. The van der Waals surface area contributed by atoms with Crippen LogP contribution in [-0.2, 0) is 14.3 Å². The molecule has 0 aromatic heterocycles. The van der Waals surface area contributed by atoms with Crippen molar-refractivity contribution >= 4 is 23.2 Å². The van der Waals surface area contributed by atoms with Crippen LogP contribution >= 0.6 is 0 Å². The molecule has 3 atom stereocenters. The molecule has 0 spiro atoms. The molecule has 1 saturated heterocycles. The van der Waals surface area contributed by atoms with Crippen molar-refractivity contribution in [2.24, 2.45) is 10.8 Å². The number of hydrogen-bond donors (Lipinski definition) is 2. The smallest absolute Gasteiger partial charge is 0.267 e. The monoisotopic (exact) mass is 344 g/mol. The number of amides is 2. The van der Waals surface area contributed by atoms with Crippen LogP contribution in [0, 0.1) is 0 Å². The van der Waals surface area contributed by atoms with Crippen LogP contribution in [-0.4, -0.2) is 41.8 Å². The highest BCUT2D eigenvalue weighted by atomic mass is 16.5. The Labute approximate surface area is 147 Å². The molecule has 2 heterocycles. The van der Waals surface area contributed by atoms with Crippen molar-refractivity contribution in [1.82, 2.24) is 5.32 Å². The van der Waals surface area contributed by atoms with E-state index in [0.29, 0.717) is 5.71 Å². The van der Waals surface area contributed by atoms with Gasteiger partial charge in [-0.2, -0.15) is 5.10 Å². The summed E-state index contributed by atoms with van der Waals surface area (Å²) in [7, 11) is 0. The van der Waals surface area contributed by atoms with Gasteiger partial charge in [0.2, 0.25) is 5.91 Å². The van der Waals surface area contributed by atoms with Crippen LogP contribution in [0.3, 0.4) is 0 Å². The number of carbonyl (C=O) groups is 2. The zero-order valence-electron chi connectivity index (χ0n) is 14.5. The van der Waals surface area contributed by atoms with E-state index < -0.39 is 11.9 Å². The number of hydrazone groups is 1. The Morgan fingerprint density at radius 2 is 1.84 bits per heavy atom. The number of benzene rings is 1. The van der Waals surface area contributed by atoms with Crippen molar-refractivity contribution in [3.05, 3.63) is 30.3 Å². The number of anilines is 1. The number of nitrogens with zero attached hydrogens (tertiary/aromatic N) is 2. The van der Waals surface area contributed by atoms with Gasteiger partial charge >= 0.3 is 0 Å². The van der Waals surface area contributed by atoms with E-state index in [4.69, 9.17) is 10.5 Å². The molecule has 0 unspecified atom stereocenters. The summed E-state index contributed by atoms with van der Waals surface area (Å²) in [6.07, 6.45) is 1.97. The molecule has 1 fully saturated rings. The van der Waals surface area contributed by atoms with E-state index in [2.05, 4.69) is 10.4 Å². The molecule has 7 nitrogen and oxygen atoms in total. The molecular weight excluding hydrogens is 320 g/mol. The lowest BCUT2D eigenvalue weighted by molar-refractivity contribution is -0.119. The molecule has 134 valence electrons. The van der Waals surface area contributed by atoms with Crippen molar-refractivity contribution in [3.8, 4) is 0 Å². The lowest BCUT2D eigenvalue weighted by atomic mass is 9.99. The fourth-order valence-electron chi connectivity index (χ4n) is 3.48. The molecule has 3 rings (SSSR count). The van der Waals surface area contributed by atoms with Crippen LogP contribution in [0.4, 0.5) is 5.69 Å². The summed E-state index contributed by atoms with van der Waals surface area (Å²) < 4.78 is 5.70. The standard InChI is InChI=1S/C18H24N4O3/c1-11-8-13(9-12(2)25-11)20-18(24)15-10-16(17(19)23)22(21-15)14-6-4-3-5-7-14/h3-7,11-13,16H,8-10H2,1-2H3,(H2,19,23)(H,20,24)/t11-,12-,16-/m1/s1. The molecule has 1 aromatic rings. The van der Waals surface area contributed by atoms with Crippen molar-refractivity contribution < 1.29 is 14.3 Å². The largest absolute Gasteiger partial charge is 0.375 e. The Hall–Kier alpha value is -2.41. The van der Waals surface area contributed by atoms with E-state index in [1.165, 1.54) is 5.01 Å². The van der Waals surface area contributed by atoms with Gasteiger partial charge in [-0.15, -0.1) is 0 Å². The van der Waals surface area contributed by atoms with E-state index in [1.54, 1.807) is 0 Å². The molecule has 1 aromatic carbocycles. The third-order valence-corrected chi connectivity index (χ3v) is 4.55. The minimum atomic E-state index is -0.643. The molecule has 0 saturated carbocycles. The van der Waals surface area contributed by atoms with Crippen molar-refractivity contribution in [3.63, 3.8) is 0 Å². The summed E-state index contributed by atoms with van der Waals surface area (Å²) in [6, 6.07) is 8.66. The summed E-state index contributed by atoms with van der Waals surface area (Å²) in [5.41, 5.74) is 6.58. The Kier molecular flexibility index (Phi) is 5.03.